The van der Waals surface area contributed by atoms with Gasteiger partial charge < -0.3 is 4.74 Å². The smallest absolute Gasteiger partial charge is 0.165 e. The number of ether oxygens (including phenoxy) is 1. The number of aryl methyl sites for hydroxylation is 1. The van der Waals surface area contributed by atoms with Gasteiger partial charge in [-0.15, -0.1) is 0 Å². The largest absolute Gasteiger partial charge is 0.454 e. The lowest BCUT2D eigenvalue weighted by molar-refractivity contribution is 0.441. The zero-order valence-electron chi connectivity index (χ0n) is 8.71. The molecule has 0 aliphatic heterocycles. The molecule has 82 valence electrons. The van der Waals surface area contributed by atoms with Crippen molar-refractivity contribution in [1.29, 1.82) is 0 Å². The van der Waals surface area contributed by atoms with Gasteiger partial charge in [0, 0.05) is 0 Å². The molecule has 1 nitrogen and oxygen atoms in total. The van der Waals surface area contributed by atoms with E-state index < -0.39 is 5.82 Å². The van der Waals surface area contributed by atoms with Gasteiger partial charge in [-0.25, -0.2) is 8.78 Å². The Balaban J connectivity index is 2.23. The second-order valence-electron chi connectivity index (χ2n) is 3.49. The van der Waals surface area contributed by atoms with E-state index in [0.717, 1.165) is 5.56 Å². The first kappa shape index (κ1) is 10.6. The molecule has 0 saturated heterocycles. The Kier molecular flexibility index (Phi) is 2.86. The number of benzene rings is 2. The molecule has 0 saturated carbocycles. The first-order chi connectivity index (χ1) is 7.65. The minimum Gasteiger partial charge on any atom is -0.454 e. The zero-order chi connectivity index (χ0) is 11.5. The fourth-order valence-electron chi connectivity index (χ4n) is 1.32. The normalized spacial score (nSPS) is 10.2. The van der Waals surface area contributed by atoms with E-state index in [9.17, 15) is 8.78 Å². The highest BCUT2D eigenvalue weighted by Crippen LogP contribution is 2.24. The van der Waals surface area contributed by atoms with Crippen LogP contribution in [0.2, 0.25) is 0 Å². The summed E-state index contributed by atoms with van der Waals surface area (Å²) in [5.74, 6) is -0.234. The quantitative estimate of drug-likeness (QED) is 0.741. The standard InChI is InChI=1S/C13H10F2O/c1-9-2-7-13(12(15)8-9)16-11-5-3-10(14)4-6-11/h2-8H,1H3. The summed E-state index contributed by atoms with van der Waals surface area (Å²) < 4.78 is 31.3. The Morgan fingerprint density at radius 2 is 1.62 bits per heavy atom. The maximum atomic E-state index is 13.4. The molecule has 0 N–H and O–H groups in total. The molecule has 0 bridgehead atoms. The summed E-state index contributed by atoms with van der Waals surface area (Å²) in [7, 11) is 0. The van der Waals surface area contributed by atoms with Crippen LogP contribution in [0.25, 0.3) is 0 Å². The fraction of sp³-hybridized carbons (Fsp3) is 0.0769. The molecule has 0 spiro atoms. The van der Waals surface area contributed by atoms with E-state index in [2.05, 4.69) is 0 Å². The van der Waals surface area contributed by atoms with Crippen LogP contribution in [-0.4, -0.2) is 0 Å². The molecule has 16 heavy (non-hydrogen) atoms. The maximum Gasteiger partial charge on any atom is 0.165 e. The Morgan fingerprint density at radius 3 is 2.25 bits per heavy atom. The maximum absolute atomic E-state index is 13.4. The lowest BCUT2D eigenvalue weighted by Crippen LogP contribution is -1.89. The molecule has 2 rings (SSSR count). The Morgan fingerprint density at radius 1 is 0.938 bits per heavy atom. The molecule has 2 aromatic carbocycles. The van der Waals surface area contributed by atoms with Crippen LogP contribution in [0.15, 0.2) is 42.5 Å². The van der Waals surface area contributed by atoms with Gasteiger partial charge >= 0.3 is 0 Å². The second-order valence-corrected chi connectivity index (χ2v) is 3.49. The average molecular weight is 220 g/mol. The molecule has 3 heteroatoms. The highest BCUT2D eigenvalue weighted by molar-refractivity contribution is 5.34. The molecule has 0 atom stereocenters. The van der Waals surface area contributed by atoms with Crippen LogP contribution in [0.3, 0.4) is 0 Å². The lowest BCUT2D eigenvalue weighted by Gasteiger charge is -2.06. The molecular weight excluding hydrogens is 210 g/mol. The summed E-state index contributed by atoms with van der Waals surface area (Å²) in [6, 6.07) is 10.1. The van der Waals surface area contributed by atoms with Gasteiger partial charge in [0.25, 0.3) is 0 Å². The molecule has 0 heterocycles. The summed E-state index contributed by atoms with van der Waals surface area (Å²) in [4.78, 5) is 0. The third kappa shape index (κ3) is 2.37. The summed E-state index contributed by atoms with van der Waals surface area (Å²) in [6.45, 7) is 1.80. The van der Waals surface area contributed by atoms with Crippen molar-refractivity contribution in [2.75, 3.05) is 0 Å². The topological polar surface area (TPSA) is 9.23 Å². The molecule has 0 aliphatic rings. The van der Waals surface area contributed by atoms with Gasteiger partial charge in [0.15, 0.2) is 11.6 Å². The highest BCUT2D eigenvalue weighted by Gasteiger charge is 2.04. The minimum absolute atomic E-state index is 0.136. The van der Waals surface area contributed by atoms with Crippen molar-refractivity contribution in [1.82, 2.24) is 0 Å². The van der Waals surface area contributed by atoms with Crippen molar-refractivity contribution >= 4 is 0 Å². The van der Waals surface area contributed by atoms with E-state index in [1.54, 1.807) is 19.1 Å². The van der Waals surface area contributed by atoms with E-state index in [1.807, 2.05) is 0 Å². The van der Waals surface area contributed by atoms with Gasteiger partial charge in [0.05, 0.1) is 0 Å². The third-order valence-electron chi connectivity index (χ3n) is 2.13. The van der Waals surface area contributed by atoms with Crippen LogP contribution in [0.1, 0.15) is 5.56 Å². The molecular formula is C13H10F2O. The Bertz CT molecular complexity index is 492. The first-order valence-electron chi connectivity index (χ1n) is 4.85. The summed E-state index contributed by atoms with van der Waals surface area (Å²) in [5, 5.41) is 0. The van der Waals surface area contributed by atoms with Crippen molar-refractivity contribution in [2.24, 2.45) is 0 Å². The number of halogens is 2. The molecule has 0 aliphatic carbocycles. The van der Waals surface area contributed by atoms with Crippen molar-refractivity contribution in [3.05, 3.63) is 59.7 Å². The van der Waals surface area contributed by atoms with Crippen LogP contribution in [-0.2, 0) is 0 Å². The van der Waals surface area contributed by atoms with Crippen LogP contribution in [0.5, 0.6) is 11.5 Å². The second kappa shape index (κ2) is 4.31. The van der Waals surface area contributed by atoms with Crippen molar-refractivity contribution in [3.63, 3.8) is 0 Å². The number of rotatable bonds is 2. The van der Waals surface area contributed by atoms with E-state index >= 15 is 0 Å². The van der Waals surface area contributed by atoms with Crippen molar-refractivity contribution in [3.8, 4) is 11.5 Å². The first-order valence-corrected chi connectivity index (χ1v) is 4.85. The average Bonchev–Trinajstić information content (AvgIpc) is 2.25. The van der Waals surface area contributed by atoms with E-state index in [1.165, 1.54) is 30.3 Å². The summed E-state index contributed by atoms with van der Waals surface area (Å²) in [5.41, 5.74) is 0.823. The van der Waals surface area contributed by atoms with Crippen molar-refractivity contribution < 1.29 is 13.5 Å². The zero-order valence-corrected chi connectivity index (χ0v) is 8.71. The highest BCUT2D eigenvalue weighted by atomic mass is 19.1. The number of hydrogen-bond acceptors (Lipinski definition) is 1. The molecule has 0 aromatic heterocycles. The molecule has 0 unspecified atom stereocenters. The Labute approximate surface area is 92.3 Å². The van der Waals surface area contributed by atoms with Crippen molar-refractivity contribution in [2.45, 2.75) is 6.92 Å². The fourth-order valence-corrected chi connectivity index (χ4v) is 1.32. The Hall–Kier alpha value is -1.90. The predicted molar refractivity (Wildman–Crippen MR) is 57.6 cm³/mol. The summed E-state index contributed by atoms with van der Waals surface area (Å²) in [6.07, 6.45) is 0. The van der Waals surface area contributed by atoms with Gasteiger partial charge in [-0.2, -0.15) is 0 Å². The summed E-state index contributed by atoms with van der Waals surface area (Å²) >= 11 is 0. The van der Waals surface area contributed by atoms with Crippen LogP contribution >= 0.6 is 0 Å². The lowest BCUT2D eigenvalue weighted by atomic mass is 10.2. The SMILES string of the molecule is Cc1ccc(Oc2ccc(F)cc2)c(F)c1. The van der Waals surface area contributed by atoms with Gasteiger partial charge in [-0.05, 0) is 48.9 Å². The van der Waals surface area contributed by atoms with Gasteiger partial charge in [-0.1, -0.05) is 6.07 Å². The minimum atomic E-state index is -0.427. The van der Waals surface area contributed by atoms with Gasteiger partial charge in [0.2, 0.25) is 0 Å². The van der Waals surface area contributed by atoms with E-state index in [0.29, 0.717) is 5.75 Å². The van der Waals surface area contributed by atoms with Crippen LogP contribution in [0, 0.1) is 18.6 Å². The molecule has 2 aromatic rings. The molecule has 0 fully saturated rings. The predicted octanol–water partition coefficient (Wildman–Crippen LogP) is 4.07. The van der Waals surface area contributed by atoms with Gasteiger partial charge in [-0.3, -0.25) is 0 Å². The van der Waals surface area contributed by atoms with E-state index in [4.69, 9.17) is 4.74 Å². The number of hydrogen-bond donors (Lipinski definition) is 0. The van der Waals surface area contributed by atoms with Gasteiger partial charge in [0.1, 0.15) is 11.6 Å². The monoisotopic (exact) mass is 220 g/mol. The molecule has 0 radical (unpaired) electrons. The van der Waals surface area contributed by atoms with Crippen LogP contribution < -0.4 is 4.74 Å². The van der Waals surface area contributed by atoms with Crippen LogP contribution in [0.4, 0.5) is 8.78 Å². The van der Waals surface area contributed by atoms with E-state index in [-0.39, 0.29) is 11.6 Å². The third-order valence-corrected chi connectivity index (χ3v) is 2.13. The molecule has 0 amide bonds.